The highest BCUT2D eigenvalue weighted by atomic mass is 35.5. The maximum Gasteiger partial charge on any atom is 0.162 e. The molecule has 23 heteroatoms. The van der Waals surface area contributed by atoms with Crippen LogP contribution in [0, 0.1) is 20.8 Å². The molecular formula is C98H115Cl7N16. The summed E-state index contributed by atoms with van der Waals surface area (Å²) in [5.74, 6) is 6.35. The number of anilines is 4. The van der Waals surface area contributed by atoms with E-state index in [-0.39, 0.29) is 0 Å². The highest BCUT2D eigenvalue weighted by molar-refractivity contribution is 6.42. The van der Waals surface area contributed by atoms with E-state index in [2.05, 4.69) is 210 Å². The summed E-state index contributed by atoms with van der Waals surface area (Å²) in [6.45, 7) is 29.9. The van der Waals surface area contributed by atoms with Crippen LogP contribution in [-0.2, 0) is 12.8 Å². The smallest absolute Gasteiger partial charge is 0.162 e. The van der Waals surface area contributed by atoms with Crippen molar-refractivity contribution in [2.45, 2.75) is 126 Å². The van der Waals surface area contributed by atoms with E-state index in [1.807, 2.05) is 116 Å². The van der Waals surface area contributed by atoms with Crippen molar-refractivity contribution >= 4 is 183 Å². The first-order valence-electron chi connectivity index (χ1n) is 42.0. The van der Waals surface area contributed by atoms with Crippen molar-refractivity contribution in [2.75, 3.05) is 122 Å². The fraction of sp³-hybridized carbons (Fsp3) is 0.347. The molecule has 0 fully saturated rings. The average molecular weight is 1770 g/mol. The van der Waals surface area contributed by atoms with Gasteiger partial charge >= 0.3 is 0 Å². The predicted molar refractivity (Wildman–Crippen MR) is 523 cm³/mol. The number of hydrogen-bond donors (Lipinski definition) is 3. The summed E-state index contributed by atoms with van der Waals surface area (Å²) in [4.78, 5) is 50.1. The van der Waals surface area contributed by atoms with Gasteiger partial charge in [-0.2, -0.15) is 0 Å². The van der Waals surface area contributed by atoms with E-state index < -0.39 is 0 Å². The van der Waals surface area contributed by atoms with Gasteiger partial charge in [-0.3, -0.25) is 0 Å². The van der Waals surface area contributed by atoms with Crippen LogP contribution in [0.3, 0.4) is 0 Å². The summed E-state index contributed by atoms with van der Waals surface area (Å²) in [6.07, 6.45) is 15.8. The maximum atomic E-state index is 6.49. The zero-order valence-electron chi connectivity index (χ0n) is 72.3. The Morgan fingerprint density at radius 1 is 0.372 bits per heavy atom. The highest BCUT2D eigenvalue weighted by Crippen LogP contribution is 2.35. The number of hydrogen-bond acceptors (Lipinski definition) is 16. The maximum absolute atomic E-state index is 6.49. The summed E-state index contributed by atoms with van der Waals surface area (Å²) in [7, 11) is 10.4. The fourth-order valence-electron chi connectivity index (χ4n) is 14.2. The molecule has 0 saturated heterocycles. The lowest BCUT2D eigenvalue weighted by molar-refractivity contribution is 0.295. The second kappa shape index (κ2) is 47.1. The van der Waals surface area contributed by atoms with Crippen LogP contribution in [-0.4, -0.2) is 172 Å². The molecule has 0 bridgehead atoms. The van der Waals surface area contributed by atoms with Gasteiger partial charge < -0.3 is 40.4 Å². The first-order chi connectivity index (χ1) is 58.3. The van der Waals surface area contributed by atoms with Crippen LogP contribution >= 0.6 is 81.2 Å². The Balaban J connectivity index is 0.000000170. The Labute approximate surface area is 751 Å². The molecule has 3 N–H and O–H groups in total. The Bertz CT molecular complexity index is 5640. The van der Waals surface area contributed by atoms with Gasteiger partial charge in [0, 0.05) is 70.8 Å². The third-order valence-corrected chi connectivity index (χ3v) is 23.7. The van der Waals surface area contributed by atoms with Crippen molar-refractivity contribution in [3.05, 3.63) is 256 Å². The summed E-state index contributed by atoms with van der Waals surface area (Å²) < 4.78 is 0. The lowest BCUT2D eigenvalue weighted by Crippen LogP contribution is -2.26. The summed E-state index contributed by atoms with van der Waals surface area (Å²) >= 11 is 43.4. The third kappa shape index (κ3) is 27.8. The van der Waals surface area contributed by atoms with Crippen LogP contribution in [0.2, 0.25) is 35.2 Å². The van der Waals surface area contributed by atoms with Gasteiger partial charge in [0.15, 0.2) is 17.5 Å². The average Bonchev–Trinajstić information content (AvgIpc) is 0.775. The summed E-state index contributed by atoms with van der Waals surface area (Å²) in [6, 6.07) is 56.8. The number of aryl methyl sites for hydroxylation is 5. The van der Waals surface area contributed by atoms with Crippen molar-refractivity contribution in [3.63, 3.8) is 0 Å². The quantitative estimate of drug-likeness (QED) is 0.0327. The first kappa shape index (κ1) is 94.4. The molecule has 636 valence electrons. The number of halogens is 7. The topological polar surface area (TPSA) is 155 Å². The van der Waals surface area contributed by atoms with Crippen LogP contribution in [0.5, 0.6) is 0 Å². The van der Waals surface area contributed by atoms with E-state index in [0.29, 0.717) is 60.3 Å². The zero-order chi connectivity index (χ0) is 86.7. The second-order valence-electron chi connectivity index (χ2n) is 31.2. The van der Waals surface area contributed by atoms with Crippen LogP contribution in [0.15, 0.2) is 170 Å². The molecule has 16 nitrogen and oxygen atoms in total. The largest absolute Gasteiger partial charge is 0.369 e. The van der Waals surface area contributed by atoms with Gasteiger partial charge in [0.25, 0.3) is 0 Å². The van der Waals surface area contributed by atoms with Crippen molar-refractivity contribution in [1.82, 2.24) is 59.5 Å². The van der Waals surface area contributed by atoms with Gasteiger partial charge in [0.1, 0.15) is 29.1 Å². The van der Waals surface area contributed by atoms with Gasteiger partial charge in [0.2, 0.25) is 0 Å². The van der Waals surface area contributed by atoms with E-state index in [1.54, 1.807) is 6.07 Å². The van der Waals surface area contributed by atoms with Crippen LogP contribution < -0.4 is 20.9 Å². The summed E-state index contributed by atoms with van der Waals surface area (Å²) in [5.41, 5.74) is 11.0. The highest BCUT2D eigenvalue weighted by Gasteiger charge is 2.19. The lowest BCUT2D eigenvalue weighted by Gasteiger charge is -2.21. The minimum atomic E-state index is 0.297. The Morgan fingerprint density at radius 3 is 1.48 bits per heavy atom. The Kier molecular flexibility index (Phi) is 36.8. The van der Waals surface area contributed by atoms with E-state index in [9.17, 15) is 0 Å². The Morgan fingerprint density at radius 2 is 0.884 bits per heavy atom. The lowest BCUT2D eigenvalue weighted by atomic mass is 10.1. The van der Waals surface area contributed by atoms with Crippen molar-refractivity contribution < 1.29 is 0 Å². The van der Waals surface area contributed by atoms with E-state index in [0.717, 1.165) is 227 Å². The molecule has 121 heavy (non-hydrogen) atoms. The number of rotatable bonds is 34. The molecule has 13 aromatic rings. The number of nitrogens with zero attached hydrogens (tertiary/aromatic N) is 13. The molecule has 0 aliphatic rings. The Hall–Kier alpha value is -8.85. The van der Waals surface area contributed by atoms with Gasteiger partial charge in [-0.25, -0.2) is 39.9 Å². The molecule has 0 spiro atoms. The number of aromatic nitrogens is 8. The van der Waals surface area contributed by atoms with Crippen LogP contribution in [0.4, 0.5) is 23.3 Å². The normalized spacial score (nSPS) is 12.1. The molecule has 0 radical (unpaired) electrons. The van der Waals surface area contributed by atoms with E-state index in [4.69, 9.17) is 121 Å². The standard InChI is InChI=1S/C26H32Cl2N4.C25H31Cl3N4.C24H26N4.C23H26Cl2N4/c1-5-32(6-2)16-8-10-19(4)29-26-21-11-7-9-18(3)25(21)30-24(31-26)15-13-20-12-14-22(27)23(28)17-20;1-4-32(5-2)15-7-8-17(3)29-25-19-9-6-10-21(27)24(19)30-23(31-25)14-12-18-11-13-20(26)22(28)16-18;1-17-8-6-11-21-22(17)26-23(27-24(21)25-14-7-15-28(2)3)20-13-12-18-9-4-5-10-19(18)16-20;1-16-15-17(9-11-19(16)24)10-12-21-26-22-18(7-5-8-20(22)25)23(27-21)29(4)14-6-13-28(2)3/h7,9,11-15,17,19H,5-6,8,10,16H2,1-4H3,(H,29,30,31);6,9-11,13,16-17H,4-5,7-8,12,14-15H2,1-3H3,(H,29,30,31);4-6,8-13,16H,7,14-15H2,1-3H3,(H,25,26,27);5,7-12,15H,6,13-14H2,1-4H3/b15-13+;;;12-10+. The minimum Gasteiger partial charge on any atom is -0.369 e. The van der Waals surface area contributed by atoms with E-state index >= 15 is 0 Å². The fourth-order valence-corrected chi connectivity index (χ4v) is 15.4. The molecule has 4 heterocycles. The molecule has 0 aliphatic carbocycles. The molecule has 0 amide bonds. The van der Waals surface area contributed by atoms with Gasteiger partial charge in [-0.1, -0.05) is 218 Å². The van der Waals surface area contributed by atoms with Crippen LogP contribution in [0.25, 0.3) is 90.1 Å². The van der Waals surface area contributed by atoms with E-state index in [1.165, 1.54) is 16.3 Å². The molecule has 4 aromatic heterocycles. The minimum absolute atomic E-state index is 0.297. The summed E-state index contributed by atoms with van der Waals surface area (Å²) in [5, 5.41) is 21.5. The van der Waals surface area contributed by atoms with Gasteiger partial charge in [-0.05, 0) is 289 Å². The number of benzene rings is 9. The molecule has 2 atom stereocenters. The number of para-hydroxylation sites is 4. The van der Waals surface area contributed by atoms with Crippen molar-refractivity contribution in [3.8, 4) is 11.4 Å². The number of fused-ring (bicyclic) bond motifs is 5. The molecule has 13 rings (SSSR count). The molecule has 0 aliphatic heterocycles. The predicted octanol–water partition coefficient (Wildman–Crippen LogP) is 25.6. The van der Waals surface area contributed by atoms with Gasteiger partial charge in [-0.15, -0.1) is 0 Å². The molecular weight excluding hydrogens is 1650 g/mol. The van der Waals surface area contributed by atoms with Gasteiger partial charge in [0.05, 0.1) is 52.2 Å². The number of nitrogens with one attached hydrogen (secondary N) is 3. The first-order valence-corrected chi connectivity index (χ1v) is 44.6. The zero-order valence-corrected chi connectivity index (χ0v) is 77.6. The molecule has 9 aromatic carbocycles. The third-order valence-electron chi connectivity index (χ3n) is 21.2. The molecule has 0 saturated carbocycles. The molecule has 2 unspecified atom stereocenters. The second-order valence-corrected chi connectivity index (χ2v) is 34.0. The SMILES string of the molecule is CCN(CC)CCCC(C)Nc1nc(/C=C/c2ccc(Cl)c(Cl)c2)nc2c(C)cccc12.CCN(CC)CCCC(C)Nc1nc(CCc2ccc(Cl)c(Cl)c2)nc2c(Cl)cccc12.Cc1cc(/C=C/c2nc(N(C)CCCN(C)C)c3cccc(Cl)c3n2)ccc1Cl.Cc1cccc2c(NCCCN(C)C)nc(-c3ccc4ccccc4c3)nc12. The van der Waals surface area contributed by atoms with Crippen molar-refractivity contribution in [1.29, 1.82) is 0 Å². The monoisotopic (exact) mass is 1760 g/mol. The van der Waals surface area contributed by atoms with Crippen molar-refractivity contribution in [2.24, 2.45) is 0 Å². The van der Waals surface area contributed by atoms with Crippen LogP contribution in [0.1, 0.15) is 131 Å².